The molecule has 1 unspecified atom stereocenters. The van der Waals surface area contributed by atoms with Crippen molar-refractivity contribution in [1.29, 1.82) is 0 Å². The van der Waals surface area contributed by atoms with E-state index in [-0.39, 0.29) is 17.6 Å². The molecule has 5 nitrogen and oxygen atoms in total. The highest BCUT2D eigenvalue weighted by Gasteiger charge is 2.32. The number of aryl methyl sites for hydroxylation is 1. The van der Waals surface area contributed by atoms with Gasteiger partial charge in [-0.15, -0.1) is 0 Å². The molecule has 0 saturated carbocycles. The molecule has 0 N–H and O–H groups in total. The number of hydrogen-bond acceptors (Lipinski definition) is 4. The Morgan fingerprint density at radius 3 is 2.17 bits per heavy atom. The molecular weight excluding hydrogens is 525 g/mol. The molecule has 1 atom stereocenters. The number of halogens is 3. The van der Waals surface area contributed by atoms with Gasteiger partial charge >= 0.3 is 6.18 Å². The summed E-state index contributed by atoms with van der Waals surface area (Å²) < 4.78 is 40.4. The Labute approximate surface area is 238 Å². The van der Waals surface area contributed by atoms with Crippen molar-refractivity contribution in [3.63, 3.8) is 0 Å². The van der Waals surface area contributed by atoms with Gasteiger partial charge in [0, 0.05) is 49.4 Å². The lowest BCUT2D eigenvalue weighted by Crippen LogP contribution is -2.50. The van der Waals surface area contributed by atoms with Crippen molar-refractivity contribution in [2.75, 3.05) is 31.1 Å². The minimum Gasteiger partial charge on any atom is -0.353 e. The second-order valence-corrected chi connectivity index (χ2v) is 10.4. The van der Waals surface area contributed by atoms with Crippen LogP contribution < -0.4 is 4.90 Å². The lowest BCUT2D eigenvalue weighted by atomic mass is 9.94. The molecule has 0 aliphatic carbocycles. The van der Waals surface area contributed by atoms with Crippen LogP contribution in [0.4, 0.5) is 19.0 Å². The Morgan fingerprint density at radius 2 is 1.54 bits per heavy atom. The van der Waals surface area contributed by atoms with Gasteiger partial charge in [0.25, 0.3) is 0 Å². The Kier molecular flexibility index (Phi) is 8.38. The second kappa shape index (κ2) is 12.1. The summed E-state index contributed by atoms with van der Waals surface area (Å²) >= 11 is 0. The van der Waals surface area contributed by atoms with Crippen LogP contribution in [-0.2, 0) is 17.4 Å². The molecule has 41 heavy (non-hydrogen) atoms. The van der Waals surface area contributed by atoms with E-state index >= 15 is 0 Å². The Hall–Kier alpha value is -4.20. The van der Waals surface area contributed by atoms with Gasteiger partial charge in [-0.2, -0.15) is 13.2 Å². The molecule has 1 aliphatic rings. The summed E-state index contributed by atoms with van der Waals surface area (Å²) in [6.07, 6.45) is -3.15. The average molecular weight is 559 g/mol. The highest BCUT2D eigenvalue weighted by molar-refractivity contribution is 5.84. The van der Waals surface area contributed by atoms with Gasteiger partial charge in [0.15, 0.2) is 5.82 Å². The van der Waals surface area contributed by atoms with Crippen molar-refractivity contribution >= 4 is 11.7 Å². The molecule has 1 fully saturated rings. The van der Waals surface area contributed by atoms with Gasteiger partial charge in [0.05, 0.1) is 11.5 Å². The number of rotatable bonds is 7. The monoisotopic (exact) mass is 558 g/mol. The third kappa shape index (κ3) is 6.42. The largest absolute Gasteiger partial charge is 0.416 e. The van der Waals surface area contributed by atoms with Crippen molar-refractivity contribution < 1.29 is 18.0 Å². The van der Waals surface area contributed by atoms with E-state index < -0.39 is 11.7 Å². The number of alkyl halides is 3. The normalized spacial score (nSPS) is 14.7. The molecule has 2 heterocycles. The topological polar surface area (TPSA) is 49.3 Å². The zero-order valence-corrected chi connectivity index (χ0v) is 23.2. The van der Waals surface area contributed by atoms with Crippen LogP contribution in [0.5, 0.6) is 0 Å². The maximum absolute atomic E-state index is 13.5. The maximum atomic E-state index is 13.5. The first kappa shape index (κ1) is 28.3. The van der Waals surface area contributed by atoms with Crippen molar-refractivity contribution in [2.45, 2.75) is 38.8 Å². The highest BCUT2D eigenvalue weighted by Crippen LogP contribution is 2.33. The molecule has 1 amide bonds. The third-order valence-corrected chi connectivity index (χ3v) is 7.66. The number of anilines is 1. The Balaban J connectivity index is 1.45. The van der Waals surface area contributed by atoms with Crippen LogP contribution in [0.1, 0.15) is 47.2 Å². The van der Waals surface area contributed by atoms with E-state index in [0.29, 0.717) is 44.0 Å². The van der Waals surface area contributed by atoms with Gasteiger partial charge in [0.1, 0.15) is 5.82 Å². The fourth-order valence-corrected chi connectivity index (χ4v) is 5.41. The van der Waals surface area contributed by atoms with Crippen molar-refractivity contribution in [2.24, 2.45) is 0 Å². The molecule has 1 aromatic heterocycles. The smallest absolute Gasteiger partial charge is 0.353 e. The van der Waals surface area contributed by atoms with Crippen LogP contribution in [0.25, 0.3) is 11.4 Å². The number of aromatic nitrogens is 2. The first-order valence-corrected chi connectivity index (χ1v) is 13.9. The van der Waals surface area contributed by atoms with Gasteiger partial charge in [-0.05, 0) is 36.6 Å². The number of amides is 1. The predicted octanol–water partition coefficient (Wildman–Crippen LogP) is 6.90. The van der Waals surface area contributed by atoms with Crippen LogP contribution in [-0.4, -0.2) is 47.0 Å². The molecule has 0 radical (unpaired) electrons. The maximum Gasteiger partial charge on any atom is 0.416 e. The highest BCUT2D eigenvalue weighted by atomic mass is 19.4. The number of carbonyl (C=O) groups is 1. The summed E-state index contributed by atoms with van der Waals surface area (Å²) in [4.78, 5) is 27.0. The first-order valence-electron chi connectivity index (χ1n) is 13.9. The van der Waals surface area contributed by atoms with Crippen LogP contribution in [0.2, 0.25) is 0 Å². The molecule has 212 valence electrons. The van der Waals surface area contributed by atoms with Gasteiger partial charge in [-0.1, -0.05) is 79.7 Å². The molecule has 1 aliphatic heterocycles. The van der Waals surface area contributed by atoms with E-state index in [4.69, 9.17) is 4.98 Å². The van der Waals surface area contributed by atoms with Gasteiger partial charge in [-0.3, -0.25) is 4.79 Å². The lowest BCUT2D eigenvalue weighted by molar-refractivity contribution is -0.137. The fraction of sp³-hybridized carbons (Fsp3) is 0.303. The average Bonchev–Trinajstić information content (AvgIpc) is 2.99. The standard InChI is InChI=1S/C33H33F3N4O/c1-3-28(25-13-8-5-9-14-25)32(41)40-19-17-39(18-20-40)31-29(21-24-11-6-4-7-12-24)23(2)37-30(38-31)26-15-10-16-27(22-26)33(34,35)36/h4-16,22,28H,3,17-21H2,1-2H3. The van der Waals surface area contributed by atoms with Gasteiger partial charge in [-0.25, -0.2) is 9.97 Å². The molecule has 4 aromatic rings. The minimum absolute atomic E-state index is 0.117. The van der Waals surface area contributed by atoms with E-state index in [1.807, 2.05) is 79.4 Å². The summed E-state index contributed by atoms with van der Waals surface area (Å²) in [6, 6.07) is 25.0. The van der Waals surface area contributed by atoms with E-state index in [2.05, 4.69) is 9.88 Å². The van der Waals surface area contributed by atoms with E-state index in [1.54, 1.807) is 6.07 Å². The molecule has 5 rings (SSSR count). The van der Waals surface area contributed by atoms with E-state index in [9.17, 15) is 18.0 Å². The van der Waals surface area contributed by atoms with Crippen LogP contribution in [0, 0.1) is 6.92 Å². The Bertz CT molecular complexity index is 1480. The van der Waals surface area contributed by atoms with E-state index in [1.165, 1.54) is 6.07 Å². The van der Waals surface area contributed by atoms with Crippen molar-refractivity contribution in [1.82, 2.24) is 14.9 Å². The number of hydrogen-bond donors (Lipinski definition) is 0. The number of piperazine rings is 1. The molecule has 0 bridgehead atoms. The van der Waals surface area contributed by atoms with Crippen molar-refractivity contribution in [3.05, 3.63) is 113 Å². The predicted molar refractivity (Wildman–Crippen MR) is 155 cm³/mol. The Morgan fingerprint density at radius 1 is 0.878 bits per heavy atom. The summed E-state index contributed by atoms with van der Waals surface area (Å²) in [5.74, 6) is 0.890. The number of benzene rings is 3. The van der Waals surface area contributed by atoms with Crippen LogP contribution >= 0.6 is 0 Å². The fourth-order valence-electron chi connectivity index (χ4n) is 5.41. The minimum atomic E-state index is -4.46. The SMILES string of the molecule is CCC(C(=O)N1CCN(c2nc(-c3cccc(C(F)(F)F)c3)nc(C)c2Cc2ccccc2)CC1)c1ccccc1. The molecule has 8 heteroatoms. The van der Waals surface area contributed by atoms with Crippen LogP contribution in [0.15, 0.2) is 84.9 Å². The first-order chi connectivity index (χ1) is 19.7. The summed E-state index contributed by atoms with van der Waals surface area (Å²) in [5.41, 5.74) is 3.35. The molecule has 0 spiro atoms. The van der Waals surface area contributed by atoms with Gasteiger partial charge in [0.2, 0.25) is 5.91 Å². The zero-order chi connectivity index (χ0) is 29.0. The number of nitrogens with zero attached hydrogens (tertiary/aromatic N) is 4. The zero-order valence-electron chi connectivity index (χ0n) is 23.2. The molecule has 3 aromatic carbocycles. The number of carbonyl (C=O) groups excluding carboxylic acids is 1. The second-order valence-electron chi connectivity index (χ2n) is 10.4. The van der Waals surface area contributed by atoms with Gasteiger partial charge < -0.3 is 9.80 Å². The summed E-state index contributed by atoms with van der Waals surface area (Å²) in [7, 11) is 0. The van der Waals surface area contributed by atoms with Crippen molar-refractivity contribution in [3.8, 4) is 11.4 Å². The van der Waals surface area contributed by atoms with E-state index in [0.717, 1.165) is 40.9 Å². The van der Waals surface area contributed by atoms with Crippen LogP contribution in [0.3, 0.4) is 0 Å². The lowest BCUT2D eigenvalue weighted by Gasteiger charge is -2.38. The third-order valence-electron chi connectivity index (χ3n) is 7.66. The summed E-state index contributed by atoms with van der Waals surface area (Å²) in [6.45, 7) is 6.12. The molecule has 1 saturated heterocycles. The molecular formula is C33H33F3N4O. The quantitative estimate of drug-likeness (QED) is 0.248. The summed E-state index contributed by atoms with van der Waals surface area (Å²) in [5, 5.41) is 0.